The Morgan fingerprint density at radius 1 is 1.00 bits per heavy atom. The average molecular weight is 457 g/mol. The monoisotopic (exact) mass is 456 g/mol. The molecule has 2 aromatic rings. The first-order valence-electron chi connectivity index (χ1n) is 11.0. The van der Waals surface area contributed by atoms with Gasteiger partial charge in [0.1, 0.15) is 0 Å². The molecule has 7 heteroatoms. The molecule has 0 aliphatic carbocycles. The number of likely N-dealkylation sites (tertiary alicyclic amines) is 1. The van der Waals surface area contributed by atoms with E-state index in [1.807, 2.05) is 24.8 Å². The minimum Gasteiger partial charge on any atom is -0.338 e. The number of rotatable bonds is 6. The maximum atomic E-state index is 13.0. The number of hydrogen-bond acceptors (Lipinski definition) is 4. The van der Waals surface area contributed by atoms with Crippen LogP contribution in [0.15, 0.2) is 47.4 Å². The zero-order valence-electron chi connectivity index (χ0n) is 19.2. The lowest BCUT2D eigenvalue weighted by atomic mass is 9.91. The highest BCUT2D eigenvalue weighted by Gasteiger charge is 2.26. The fourth-order valence-corrected chi connectivity index (χ4v) is 5.44. The zero-order valence-corrected chi connectivity index (χ0v) is 20.0. The van der Waals surface area contributed by atoms with Gasteiger partial charge in [0.25, 0.3) is 5.91 Å². The zero-order chi connectivity index (χ0) is 23.5. The van der Waals surface area contributed by atoms with Crippen LogP contribution in [0.2, 0.25) is 0 Å². The second-order valence-electron chi connectivity index (χ2n) is 9.12. The molecule has 1 aliphatic rings. The van der Waals surface area contributed by atoms with Crippen molar-refractivity contribution in [1.29, 1.82) is 0 Å². The van der Waals surface area contributed by atoms with Gasteiger partial charge in [0, 0.05) is 30.8 Å². The molecular formula is C25H32N2O4S. The maximum absolute atomic E-state index is 13.0. The second-order valence-corrected chi connectivity index (χ2v) is 11.2. The van der Waals surface area contributed by atoms with E-state index in [2.05, 4.69) is 19.2 Å². The smallest absolute Gasteiger partial charge is 0.253 e. The SMILES string of the molecule is Cc1ccc(S(=O)(=O)CCC(=O)Nc2cc(C(=O)N3CC(C)CC(C)C3)ccc2C)cc1. The van der Waals surface area contributed by atoms with Gasteiger partial charge in [0.2, 0.25) is 5.91 Å². The summed E-state index contributed by atoms with van der Waals surface area (Å²) in [5.41, 5.74) is 2.85. The van der Waals surface area contributed by atoms with E-state index in [0.717, 1.165) is 30.6 Å². The summed E-state index contributed by atoms with van der Waals surface area (Å²) in [6, 6.07) is 11.9. The Hall–Kier alpha value is -2.67. The van der Waals surface area contributed by atoms with Crippen molar-refractivity contribution in [1.82, 2.24) is 4.90 Å². The number of carbonyl (C=O) groups excluding carboxylic acids is 2. The summed E-state index contributed by atoms with van der Waals surface area (Å²) in [4.78, 5) is 27.6. The molecule has 32 heavy (non-hydrogen) atoms. The predicted octanol–water partition coefficient (Wildman–Crippen LogP) is 4.22. The largest absolute Gasteiger partial charge is 0.338 e. The first kappa shape index (κ1) is 24.0. The van der Waals surface area contributed by atoms with Crippen molar-refractivity contribution in [3.8, 4) is 0 Å². The molecule has 0 aromatic heterocycles. The lowest BCUT2D eigenvalue weighted by molar-refractivity contribution is -0.115. The molecule has 172 valence electrons. The molecule has 1 N–H and O–H groups in total. The van der Waals surface area contributed by atoms with Gasteiger partial charge in [-0.1, -0.05) is 37.6 Å². The van der Waals surface area contributed by atoms with Crippen molar-refractivity contribution in [2.24, 2.45) is 11.8 Å². The summed E-state index contributed by atoms with van der Waals surface area (Å²) in [6.07, 6.45) is 0.958. The van der Waals surface area contributed by atoms with Gasteiger partial charge in [-0.05, 0) is 61.9 Å². The molecule has 6 nitrogen and oxygen atoms in total. The summed E-state index contributed by atoms with van der Waals surface area (Å²) >= 11 is 0. The standard InChI is InChI=1S/C25H32N2O4S/c1-17-5-9-22(10-6-17)32(30,31)12-11-24(28)26-23-14-21(8-7-20(23)4)25(29)27-15-18(2)13-19(3)16-27/h5-10,14,18-19H,11-13,15-16H2,1-4H3,(H,26,28). The van der Waals surface area contributed by atoms with Crippen LogP contribution in [0.3, 0.4) is 0 Å². The summed E-state index contributed by atoms with van der Waals surface area (Å²) in [5, 5.41) is 2.79. The highest BCUT2D eigenvalue weighted by molar-refractivity contribution is 7.91. The van der Waals surface area contributed by atoms with Crippen molar-refractivity contribution >= 4 is 27.3 Å². The third kappa shape index (κ3) is 5.97. The highest BCUT2D eigenvalue weighted by Crippen LogP contribution is 2.24. The summed E-state index contributed by atoms with van der Waals surface area (Å²) < 4.78 is 25.0. The minimum atomic E-state index is -3.54. The number of anilines is 1. The number of hydrogen-bond donors (Lipinski definition) is 1. The highest BCUT2D eigenvalue weighted by atomic mass is 32.2. The van der Waals surface area contributed by atoms with Crippen LogP contribution in [0.4, 0.5) is 5.69 Å². The first-order chi connectivity index (χ1) is 15.0. The fourth-order valence-electron chi connectivity index (χ4n) is 4.20. The quantitative estimate of drug-likeness (QED) is 0.705. The van der Waals surface area contributed by atoms with Crippen molar-refractivity contribution in [2.45, 2.75) is 45.4 Å². The first-order valence-corrected chi connectivity index (χ1v) is 12.7. The topological polar surface area (TPSA) is 83.5 Å². The van der Waals surface area contributed by atoms with Crippen LogP contribution in [0, 0.1) is 25.7 Å². The molecule has 2 atom stereocenters. The molecule has 0 bridgehead atoms. The van der Waals surface area contributed by atoms with Crippen LogP contribution < -0.4 is 5.32 Å². The van der Waals surface area contributed by atoms with E-state index in [0.29, 0.717) is 23.1 Å². The van der Waals surface area contributed by atoms with E-state index < -0.39 is 15.7 Å². The van der Waals surface area contributed by atoms with Gasteiger partial charge in [0.15, 0.2) is 9.84 Å². The third-order valence-corrected chi connectivity index (χ3v) is 7.62. The Morgan fingerprint density at radius 2 is 1.62 bits per heavy atom. The van der Waals surface area contributed by atoms with Crippen LogP contribution in [0.5, 0.6) is 0 Å². The Morgan fingerprint density at radius 3 is 2.25 bits per heavy atom. The van der Waals surface area contributed by atoms with Gasteiger partial charge in [-0.2, -0.15) is 0 Å². The van der Waals surface area contributed by atoms with Crippen LogP contribution in [-0.4, -0.2) is 44.0 Å². The Balaban J connectivity index is 1.66. The fraction of sp³-hybridized carbons (Fsp3) is 0.440. The third-order valence-electron chi connectivity index (χ3n) is 5.89. The maximum Gasteiger partial charge on any atom is 0.253 e. The summed E-state index contributed by atoms with van der Waals surface area (Å²) in [6.45, 7) is 9.50. The van der Waals surface area contributed by atoms with Crippen molar-refractivity contribution in [2.75, 3.05) is 24.2 Å². The van der Waals surface area contributed by atoms with Crippen molar-refractivity contribution in [3.63, 3.8) is 0 Å². The minimum absolute atomic E-state index is 0.0409. The normalized spacial score (nSPS) is 18.9. The van der Waals surface area contributed by atoms with Crippen LogP contribution in [0.25, 0.3) is 0 Å². The molecule has 0 spiro atoms. The number of aryl methyl sites for hydroxylation is 2. The average Bonchev–Trinajstić information content (AvgIpc) is 2.73. The van der Waals surface area contributed by atoms with Gasteiger partial charge in [0.05, 0.1) is 10.6 Å². The molecule has 2 unspecified atom stereocenters. The number of nitrogens with zero attached hydrogens (tertiary/aromatic N) is 1. The molecule has 1 aliphatic heterocycles. The molecule has 3 rings (SSSR count). The number of piperidine rings is 1. The molecule has 2 amide bonds. The molecule has 1 saturated heterocycles. The molecule has 1 heterocycles. The predicted molar refractivity (Wildman–Crippen MR) is 127 cm³/mol. The summed E-state index contributed by atoms with van der Waals surface area (Å²) in [7, 11) is -3.54. The number of benzene rings is 2. The van der Waals surface area contributed by atoms with E-state index >= 15 is 0 Å². The lowest BCUT2D eigenvalue weighted by Gasteiger charge is -2.35. The molecule has 1 fully saturated rings. The molecule has 2 aromatic carbocycles. The summed E-state index contributed by atoms with van der Waals surface area (Å²) in [5.74, 6) is 0.211. The Labute approximate surface area is 190 Å². The molecule has 0 saturated carbocycles. The van der Waals surface area contributed by atoms with E-state index in [1.165, 1.54) is 0 Å². The van der Waals surface area contributed by atoms with Crippen LogP contribution in [-0.2, 0) is 14.6 Å². The Bertz CT molecular complexity index is 1080. The second kappa shape index (κ2) is 9.86. The van der Waals surface area contributed by atoms with E-state index in [9.17, 15) is 18.0 Å². The molecular weight excluding hydrogens is 424 g/mol. The van der Waals surface area contributed by atoms with Crippen molar-refractivity contribution < 1.29 is 18.0 Å². The van der Waals surface area contributed by atoms with Gasteiger partial charge in [-0.25, -0.2) is 8.42 Å². The van der Waals surface area contributed by atoms with Crippen LogP contribution in [0.1, 0.15) is 48.2 Å². The Kier molecular flexibility index (Phi) is 7.39. The number of sulfone groups is 1. The number of amides is 2. The van der Waals surface area contributed by atoms with Gasteiger partial charge in [-0.3, -0.25) is 9.59 Å². The van der Waals surface area contributed by atoms with Gasteiger partial charge >= 0.3 is 0 Å². The lowest BCUT2D eigenvalue weighted by Crippen LogP contribution is -2.42. The van der Waals surface area contributed by atoms with E-state index in [1.54, 1.807) is 36.4 Å². The number of nitrogens with one attached hydrogen (secondary N) is 1. The van der Waals surface area contributed by atoms with Crippen LogP contribution >= 0.6 is 0 Å². The van der Waals surface area contributed by atoms with Gasteiger partial charge < -0.3 is 10.2 Å². The van der Waals surface area contributed by atoms with E-state index in [-0.39, 0.29) is 23.0 Å². The van der Waals surface area contributed by atoms with Crippen molar-refractivity contribution in [3.05, 3.63) is 59.2 Å². The molecule has 0 radical (unpaired) electrons. The van der Waals surface area contributed by atoms with E-state index in [4.69, 9.17) is 0 Å². The van der Waals surface area contributed by atoms with Gasteiger partial charge in [-0.15, -0.1) is 0 Å². The number of carbonyl (C=O) groups is 2.